The van der Waals surface area contributed by atoms with Crippen molar-refractivity contribution >= 4 is 11.6 Å². The van der Waals surface area contributed by atoms with Gasteiger partial charge in [-0.05, 0) is 20.6 Å². The fourth-order valence-electron chi connectivity index (χ4n) is 0. The second kappa shape index (κ2) is 1.17. The standard InChI is InChI=1S/C4H9Cl/c1-4(2,3)5/h1-3H3/i1D3,2D3. The van der Waals surface area contributed by atoms with Crippen molar-refractivity contribution in [2.75, 3.05) is 0 Å². The Hall–Kier alpha value is 0.290. The van der Waals surface area contributed by atoms with Crippen molar-refractivity contribution < 1.29 is 8.22 Å². The van der Waals surface area contributed by atoms with Crippen molar-refractivity contribution in [2.45, 2.75) is 25.5 Å². The van der Waals surface area contributed by atoms with E-state index in [1.165, 1.54) is 0 Å². The van der Waals surface area contributed by atoms with Crippen LogP contribution in [-0.2, 0) is 0 Å². The second-order valence-electron chi connectivity index (χ2n) is 1.00. The van der Waals surface area contributed by atoms with E-state index in [9.17, 15) is 0 Å². The summed E-state index contributed by atoms with van der Waals surface area (Å²) in [5.41, 5.74) is 0. The van der Waals surface area contributed by atoms with Gasteiger partial charge >= 0.3 is 0 Å². The summed E-state index contributed by atoms with van der Waals surface area (Å²) in [6.45, 7) is -4.34. The molecule has 0 spiro atoms. The smallest absolute Gasteiger partial charge is 0.0362 e. The van der Waals surface area contributed by atoms with Crippen LogP contribution in [0.5, 0.6) is 0 Å². The molecule has 0 saturated heterocycles. The number of hydrogen-bond donors (Lipinski definition) is 0. The van der Waals surface area contributed by atoms with Gasteiger partial charge in [-0.2, -0.15) is 0 Å². The maximum atomic E-state index is 6.83. The van der Waals surface area contributed by atoms with Gasteiger partial charge in [-0.25, -0.2) is 0 Å². The Bertz CT molecular complexity index is 126. The highest BCUT2D eigenvalue weighted by Gasteiger charge is 1.99. The van der Waals surface area contributed by atoms with Crippen LogP contribution in [0, 0.1) is 0 Å². The van der Waals surface area contributed by atoms with E-state index in [2.05, 4.69) is 0 Å². The molecule has 0 atom stereocenters. The summed E-state index contributed by atoms with van der Waals surface area (Å²) < 4.78 is 41.0. The lowest BCUT2D eigenvalue weighted by Gasteiger charge is -2.01. The first-order chi connectivity index (χ1) is 4.50. The summed E-state index contributed by atoms with van der Waals surface area (Å²) in [6, 6.07) is 0. The highest BCUT2D eigenvalue weighted by atomic mass is 35.5. The lowest BCUT2D eigenvalue weighted by atomic mass is 10.3. The van der Waals surface area contributed by atoms with Crippen LogP contribution < -0.4 is 0 Å². The zero-order chi connectivity index (χ0) is 9.50. The molecule has 0 N–H and O–H groups in total. The molecule has 0 aliphatic rings. The van der Waals surface area contributed by atoms with Gasteiger partial charge in [0.05, 0.1) is 0 Å². The summed E-state index contributed by atoms with van der Waals surface area (Å²) in [5, 5.41) is 0. The molecule has 0 unspecified atom stereocenters. The number of rotatable bonds is 0. The van der Waals surface area contributed by atoms with Crippen molar-refractivity contribution in [3.63, 3.8) is 0 Å². The normalized spacial score (nSPS) is 34.8. The molecule has 0 rings (SSSR count). The third kappa shape index (κ3) is 268. The molecule has 32 valence electrons. The quantitative estimate of drug-likeness (QED) is 0.407. The Morgan fingerprint density at radius 1 is 1.80 bits per heavy atom. The average Bonchev–Trinajstić information content (AvgIpc) is 1.58. The molecule has 0 bridgehead atoms. The third-order valence-corrected chi connectivity index (χ3v) is 0. The fraction of sp³-hybridized carbons (Fsp3) is 1.00. The van der Waals surface area contributed by atoms with Crippen LogP contribution in [0.25, 0.3) is 0 Å². The highest BCUT2D eigenvalue weighted by molar-refractivity contribution is 6.23. The van der Waals surface area contributed by atoms with Gasteiger partial charge in [-0.1, -0.05) is 0 Å². The average molecular weight is 98.6 g/mol. The Balaban J connectivity index is 4.75. The van der Waals surface area contributed by atoms with Gasteiger partial charge in [0, 0.05) is 13.1 Å². The van der Waals surface area contributed by atoms with E-state index >= 15 is 0 Å². The summed E-state index contributed by atoms with van der Waals surface area (Å²) in [7, 11) is 0. The molecule has 0 nitrogen and oxygen atoms in total. The van der Waals surface area contributed by atoms with Crippen LogP contribution in [0.4, 0.5) is 0 Å². The van der Waals surface area contributed by atoms with E-state index in [1.54, 1.807) is 0 Å². The van der Waals surface area contributed by atoms with Crippen molar-refractivity contribution in [1.82, 2.24) is 0 Å². The molecule has 5 heavy (non-hydrogen) atoms. The van der Waals surface area contributed by atoms with Crippen LogP contribution in [-0.4, -0.2) is 4.87 Å². The van der Waals surface area contributed by atoms with E-state index in [1.807, 2.05) is 0 Å². The minimum atomic E-state index is -2.67. The summed E-state index contributed by atoms with van der Waals surface area (Å²) in [4.78, 5) is -2.15. The van der Waals surface area contributed by atoms with Gasteiger partial charge in [0.1, 0.15) is 0 Å². The molecule has 0 aromatic carbocycles. The van der Waals surface area contributed by atoms with Crippen LogP contribution in [0.15, 0.2) is 0 Å². The zero-order valence-corrected chi connectivity index (χ0v) is 3.63. The lowest BCUT2D eigenvalue weighted by Crippen LogP contribution is -1.99. The minimum absolute atomic E-state index is 0.995. The lowest BCUT2D eigenvalue weighted by molar-refractivity contribution is 0.788. The largest absolute Gasteiger partial charge is 0.120 e. The van der Waals surface area contributed by atoms with Crippen LogP contribution in [0.1, 0.15) is 28.9 Å². The SMILES string of the molecule is [2H]C([2H])([2H])C(C)(Cl)C([2H])([2H])[2H]. The molecule has 0 amide bonds. The summed E-state index contributed by atoms with van der Waals surface area (Å²) in [6.07, 6.45) is 0. The van der Waals surface area contributed by atoms with E-state index in [-0.39, 0.29) is 0 Å². The minimum Gasteiger partial charge on any atom is -0.120 e. The zero-order valence-electron chi connectivity index (χ0n) is 8.88. The monoisotopic (exact) mass is 98.1 g/mol. The molecule has 0 heterocycles. The van der Waals surface area contributed by atoms with Gasteiger partial charge in [0.25, 0.3) is 0 Å². The van der Waals surface area contributed by atoms with Gasteiger partial charge in [0.2, 0.25) is 0 Å². The third-order valence-electron chi connectivity index (χ3n) is 0. The molecule has 0 aliphatic heterocycles. The van der Waals surface area contributed by atoms with E-state index in [0.29, 0.717) is 0 Å². The van der Waals surface area contributed by atoms with Crippen LogP contribution in [0.2, 0.25) is 0 Å². The van der Waals surface area contributed by atoms with Gasteiger partial charge in [-0.3, -0.25) is 0 Å². The van der Waals surface area contributed by atoms with Gasteiger partial charge in [0.15, 0.2) is 0 Å². The van der Waals surface area contributed by atoms with Crippen LogP contribution in [0.3, 0.4) is 0 Å². The Kier molecular flexibility index (Phi) is 0.216. The topological polar surface area (TPSA) is 0 Å². The van der Waals surface area contributed by atoms with E-state index in [4.69, 9.17) is 19.8 Å². The fourth-order valence-corrected chi connectivity index (χ4v) is 0. The maximum absolute atomic E-state index is 6.83. The number of alkyl halides is 1. The second-order valence-corrected chi connectivity index (χ2v) is 1.76. The Labute approximate surface area is 46.6 Å². The molecule has 1 heteroatoms. The van der Waals surface area contributed by atoms with Crippen molar-refractivity contribution in [3.8, 4) is 0 Å². The molecule has 0 aromatic rings. The van der Waals surface area contributed by atoms with Crippen molar-refractivity contribution in [3.05, 3.63) is 0 Å². The van der Waals surface area contributed by atoms with Crippen molar-refractivity contribution in [2.24, 2.45) is 0 Å². The number of hydrogen-bond acceptors (Lipinski definition) is 0. The first-order valence-electron chi connectivity index (χ1n) is 4.19. The molecule has 0 aromatic heterocycles. The van der Waals surface area contributed by atoms with Crippen LogP contribution >= 0.6 is 11.6 Å². The van der Waals surface area contributed by atoms with E-state index in [0.717, 1.165) is 6.92 Å². The summed E-state index contributed by atoms with van der Waals surface area (Å²) in [5.74, 6) is 0. The van der Waals surface area contributed by atoms with Crippen molar-refractivity contribution in [1.29, 1.82) is 0 Å². The molecule has 0 saturated carbocycles. The Morgan fingerprint density at radius 3 is 2.20 bits per heavy atom. The Morgan fingerprint density at radius 2 is 2.20 bits per heavy atom. The first-order valence-corrected chi connectivity index (χ1v) is 1.57. The first kappa shape index (κ1) is 0.919. The maximum Gasteiger partial charge on any atom is 0.0362 e. The predicted molar refractivity (Wildman–Crippen MR) is 25.6 cm³/mol. The van der Waals surface area contributed by atoms with Gasteiger partial charge < -0.3 is 0 Å². The predicted octanol–water partition coefficient (Wildman–Crippen LogP) is 2.02. The summed E-state index contributed by atoms with van der Waals surface area (Å²) >= 11 is 5.36. The molecule has 0 aliphatic carbocycles. The van der Waals surface area contributed by atoms with E-state index < -0.39 is 18.6 Å². The molecular formula is C4H9Cl. The highest BCUT2D eigenvalue weighted by Crippen LogP contribution is 2.07. The van der Waals surface area contributed by atoms with Gasteiger partial charge in [-0.15, -0.1) is 11.6 Å². The number of halogens is 1. The molecule has 0 fully saturated rings. The molecular weight excluding hydrogens is 83.5 g/mol. The molecule has 0 radical (unpaired) electrons.